The predicted octanol–water partition coefficient (Wildman–Crippen LogP) is 1.93. The van der Waals surface area contributed by atoms with Gasteiger partial charge in [-0.05, 0) is 37.1 Å². The molecule has 0 radical (unpaired) electrons. The van der Waals surface area contributed by atoms with Crippen molar-refractivity contribution in [3.05, 3.63) is 24.3 Å². The lowest BCUT2D eigenvalue weighted by molar-refractivity contribution is -0.127. The van der Waals surface area contributed by atoms with E-state index in [1.165, 1.54) is 12.1 Å². The molecule has 1 aromatic carbocycles. The van der Waals surface area contributed by atoms with Gasteiger partial charge in [-0.3, -0.25) is 4.79 Å². The molecule has 0 aliphatic carbocycles. The summed E-state index contributed by atoms with van der Waals surface area (Å²) in [6.07, 6.45) is -0.543. The van der Waals surface area contributed by atoms with Gasteiger partial charge in [-0.2, -0.15) is 0 Å². The third kappa shape index (κ3) is 4.76. The van der Waals surface area contributed by atoms with E-state index in [-0.39, 0.29) is 11.7 Å². The van der Waals surface area contributed by atoms with Gasteiger partial charge in [-0.25, -0.2) is 0 Å². The van der Waals surface area contributed by atoms with E-state index < -0.39 is 6.10 Å². The summed E-state index contributed by atoms with van der Waals surface area (Å²) in [5.41, 5.74) is 0. The molecule has 1 amide bonds. The highest BCUT2D eigenvalue weighted by Gasteiger charge is 2.14. The highest BCUT2D eigenvalue weighted by Crippen LogP contribution is 2.17. The first-order chi connectivity index (χ1) is 7.99. The Kier molecular flexibility index (Phi) is 4.82. The fourth-order valence-electron chi connectivity index (χ4n) is 1.23. The van der Waals surface area contributed by atoms with E-state index in [2.05, 4.69) is 5.32 Å². The number of amides is 1. The van der Waals surface area contributed by atoms with Gasteiger partial charge in [0.15, 0.2) is 6.10 Å². The SMILES string of the molecule is CC(C)CNC(=O)C(C)Oc1ccc(O)cc1. The lowest BCUT2D eigenvalue weighted by Gasteiger charge is -2.15. The van der Waals surface area contributed by atoms with Crippen molar-refractivity contribution in [3.63, 3.8) is 0 Å². The zero-order valence-electron chi connectivity index (χ0n) is 10.4. The number of aromatic hydroxyl groups is 1. The molecule has 0 aliphatic rings. The summed E-state index contributed by atoms with van der Waals surface area (Å²) in [6, 6.07) is 6.30. The average molecular weight is 237 g/mol. The molecule has 4 nitrogen and oxygen atoms in total. The van der Waals surface area contributed by atoms with Crippen LogP contribution in [0.5, 0.6) is 11.5 Å². The normalized spacial score (nSPS) is 12.2. The van der Waals surface area contributed by atoms with Crippen LogP contribution >= 0.6 is 0 Å². The maximum Gasteiger partial charge on any atom is 0.260 e. The van der Waals surface area contributed by atoms with E-state index in [0.29, 0.717) is 18.2 Å². The van der Waals surface area contributed by atoms with Crippen LogP contribution in [-0.2, 0) is 4.79 Å². The van der Waals surface area contributed by atoms with E-state index in [1.54, 1.807) is 19.1 Å². The molecule has 0 saturated carbocycles. The summed E-state index contributed by atoms with van der Waals surface area (Å²) in [6.45, 7) is 6.40. The lowest BCUT2D eigenvalue weighted by atomic mass is 10.2. The van der Waals surface area contributed by atoms with E-state index in [1.807, 2.05) is 13.8 Å². The first-order valence-corrected chi connectivity index (χ1v) is 5.72. The molecule has 1 unspecified atom stereocenters. The van der Waals surface area contributed by atoms with Gasteiger partial charge in [0.25, 0.3) is 5.91 Å². The van der Waals surface area contributed by atoms with Gasteiger partial charge >= 0.3 is 0 Å². The van der Waals surface area contributed by atoms with Crippen molar-refractivity contribution >= 4 is 5.91 Å². The van der Waals surface area contributed by atoms with Gasteiger partial charge < -0.3 is 15.2 Å². The van der Waals surface area contributed by atoms with E-state index >= 15 is 0 Å². The van der Waals surface area contributed by atoms with Crippen molar-refractivity contribution in [1.29, 1.82) is 0 Å². The number of phenols is 1. The molecule has 4 heteroatoms. The highest BCUT2D eigenvalue weighted by atomic mass is 16.5. The first kappa shape index (κ1) is 13.4. The van der Waals surface area contributed by atoms with Crippen LogP contribution in [0.4, 0.5) is 0 Å². The minimum absolute atomic E-state index is 0.133. The molecule has 1 aromatic rings. The van der Waals surface area contributed by atoms with Crippen LogP contribution in [0, 0.1) is 5.92 Å². The monoisotopic (exact) mass is 237 g/mol. The number of carbonyl (C=O) groups is 1. The maximum absolute atomic E-state index is 11.6. The fraction of sp³-hybridized carbons (Fsp3) is 0.462. The molecular weight excluding hydrogens is 218 g/mol. The van der Waals surface area contributed by atoms with Crippen LogP contribution in [0.1, 0.15) is 20.8 Å². The van der Waals surface area contributed by atoms with Crippen molar-refractivity contribution in [2.45, 2.75) is 26.9 Å². The molecule has 0 heterocycles. The lowest BCUT2D eigenvalue weighted by Crippen LogP contribution is -2.38. The summed E-state index contributed by atoms with van der Waals surface area (Å²) < 4.78 is 5.44. The molecule has 1 atom stereocenters. The van der Waals surface area contributed by atoms with Gasteiger partial charge in [-0.1, -0.05) is 13.8 Å². The Labute approximate surface area is 102 Å². The zero-order chi connectivity index (χ0) is 12.8. The van der Waals surface area contributed by atoms with Crippen molar-refractivity contribution in [3.8, 4) is 11.5 Å². The van der Waals surface area contributed by atoms with Gasteiger partial charge in [0.05, 0.1) is 0 Å². The molecule has 0 spiro atoms. The second-order valence-corrected chi connectivity index (χ2v) is 4.39. The standard InChI is InChI=1S/C13H19NO3/c1-9(2)8-14-13(16)10(3)17-12-6-4-11(15)5-7-12/h4-7,9-10,15H,8H2,1-3H3,(H,14,16). The Hall–Kier alpha value is -1.71. The van der Waals surface area contributed by atoms with Crippen LogP contribution in [0.15, 0.2) is 24.3 Å². The molecule has 1 rings (SSSR count). The number of benzene rings is 1. The molecule has 0 aliphatic heterocycles. The van der Waals surface area contributed by atoms with Crippen LogP contribution < -0.4 is 10.1 Å². The third-order valence-corrected chi connectivity index (χ3v) is 2.20. The summed E-state index contributed by atoms with van der Waals surface area (Å²) in [5, 5.41) is 11.9. The molecule has 94 valence electrons. The summed E-state index contributed by atoms with van der Waals surface area (Å²) >= 11 is 0. The van der Waals surface area contributed by atoms with Gasteiger partial charge in [0.2, 0.25) is 0 Å². The Morgan fingerprint density at radius 3 is 2.41 bits per heavy atom. The smallest absolute Gasteiger partial charge is 0.260 e. The van der Waals surface area contributed by atoms with Gasteiger partial charge in [0, 0.05) is 6.54 Å². The molecule has 0 fully saturated rings. The quantitative estimate of drug-likeness (QED) is 0.822. The molecule has 0 bridgehead atoms. The second-order valence-electron chi connectivity index (χ2n) is 4.39. The van der Waals surface area contributed by atoms with Gasteiger partial charge in [0.1, 0.15) is 11.5 Å². The highest BCUT2D eigenvalue weighted by molar-refractivity contribution is 5.80. The van der Waals surface area contributed by atoms with Crippen LogP contribution in [0.3, 0.4) is 0 Å². The minimum Gasteiger partial charge on any atom is -0.508 e. The van der Waals surface area contributed by atoms with Gasteiger partial charge in [-0.15, -0.1) is 0 Å². The summed E-state index contributed by atoms with van der Waals surface area (Å²) in [7, 11) is 0. The van der Waals surface area contributed by atoms with Crippen molar-refractivity contribution < 1.29 is 14.6 Å². The molecule has 2 N–H and O–H groups in total. The third-order valence-electron chi connectivity index (χ3n) is 2.20. The van der Waals surface area contributed by atoms with Crippen LogP contribution in [0.25, 0.3) is 0 Å². The molecular formula is C13H19NO3. The average Bonchev–Trinajstić information content (AvgIpc) is 2.28. The maximum atomic E-state index is 11.6. The number of phenolic OH excluding ortho intramolecular Hbond substituents is 1. The van der Waals surface area contributed by atoms with Crippen molar-refractivity contribution in [2.24, 2.45) is 5.92 Å². The zero-order valence-corrected chi connectivity index (χ0v) is 10.4. The van der Waals surface area contributed by atoms with Crippen molar-refractivity contribution in [2.75, 3.05) is 6.54 Å². The number of rotatable bonds is 5. The van der Waals surface area contributed by atoms with Crippen LogP contribution in [-0.4, -0.2) is 23.7 Å². The summed E-state index contributed by atoms with van der Waals surface area (Å²) in [5.74, 6) is 1.02. The molecule has 0 saturated heterocycles. The second kappa shape index (κ2) is 6.13. The van der Waals surface area contributed by atoms with Crippen LogP contribution in [0.2, 0.25) is 0 Å². The Morgan fingerprint density at radius 1 is 1.29 bits per heavy atom. The number of hydrogen-bond donors (Lipinski definition) is 2. The number of ether oxygens (including phenoxy) is 1. The number of carbonyl (C=O) groups excluding carboxylic acids is 1. The van der Waals surface area contributed by atoms with Crippen molar-refractivity contribution in [1.82, 2.24) is 5.32 Å². The predicted molar refractivity (Wildman–Crippen MR) is 66.0 cm³/mol. The Bertz CT molecular complexity index is 359. The minimum atomic E-state index is -0.543. The molecule has 17 heavy (non-hydrogen) atoms. The Balaban J connectivity index is 2.45. The molecule has 0 aromatic heterocycles. The summed E-state index contributed by atoms with van der Waals surface area (Å²) in [4.78, 5) is 11.6. The van der Waals surface area contributed by atoms with E-state index in [4.69, 9.17) is 9.84 Å². The number of nitrogens with one attached hydrogen (secondary N) is 1. The fourth-order valence-corrected chi connectivity index (χ4v) is 1.23. The van der Waals surface area contributed by atoms with E-state index in [0.717, 1.165) is 0 Å². The first-order valence-electron chi connectivity index (χ1n) is 5.72. The largest absolute Gasteiger partial charge is 0.508 e. The van der Waals surface area contributed by atoms with E-state index in [9.17, 15) is 4.79 Å². The number of hydrogen-bond acceptors (Lipinski definition) is 3. The Morgan fingerprint density at radius 2 is 1.88 bits per heavy atom. The topological polar surface area (TPSA) is 58.6 Å².